The molecule has 0 spiro atoms. The lowest BCUT2D eigenvalue weighted by molar-refractivity contribution is 0.103. The first-order chi connectivity index (χ1) is 9.58. The maximum Gasteiger partial charge on any atom is 0.195 e. The highest BCUT2D eigenvalue weighted by Crippen LogP contribution is 2.23. The van der Waals surface area contributed by atoms with E-state index in [0.717, 1.165) is 23.0 Å². The van der Waals surface area contributed by atoms with Crippen LogP contribution in [0.2, 0.25) is 0 Å². The van der Waals surface area contributed by atoms with Crippen molar-refractivity contribution in [1.29, 1.82) is 0 Å². The molecule has 1 heterocycles. The van der Waals surface area contributed by atoms with Gasteiger partial charge in [-0.2, -0.15) is 0 Å². The second-order valence-corrected chi connectivity index (χ2v) is 4.63. The Labute approximate surface area is 114 Å². The third kappa shape index (κ3) is 1.90. The van der Waals surface area contributed by atoms with E-state index in [1.54, 1.807) is 6.20 Å². The Morgan fingerprint density at radius 3 is 2.55 bits per heavy atom. The fourth-order valence-electron chi connectivity index (χ4n) is 2.32. The molecule has 0 bridgehead atoms. The monoisotopic (exact) mass is 271 g/mol. The summed E-state index contributed by atoms with van der Waals surface area (Å²) in [5.41, 5.74) is 1.53. The highest BCUT2D eigenvalue weighted by Gasteiger charge is 2.16. The minimum atomic E-state index is -1.02. The molecule has 0 saturated heterocycles. The van der Waals surface area contributed by atoms with Crippen LogP contribution in [0.15, 0.2) is 48.7 Å². The zero-order chi connectivity index (χ0) is 14.3. The summed E-state index contributed by atoms with van der Waals surface area (Å²) in [6, 6.07) is 10.6. The molecule has 0 aliphatic rings. The van der Waals surface area contributed by atoms with Crippen LogP contribution in [0.25, 0.3) is 10.9 Å². The fourth-order valence-corrected chi connectivity index (χ4v) is 2.32. The van der Waals surface area contributed by atoms with Crippen molar-refractivity contribution >= 4 is 16.7 Å². The SMILES string of the molecule is Cn1cc(C(=O)c2ccc(F)c(F)c2)c2ccccc21. The lowest BCUT2D eigenvalue weighted by Crippen LogP contribution is -2.02. The van der Waals surface area contributed by atoms with Gasteiger partial charge in [0.15, 0.2) is 17.4 Å². The van der Waals surface area contributed by atoms with E-state index in [4.69, 9.17) is 0 Å². The quantitative estimate of drug-likeness (QED) is 0.651. The van der Waals surface area contributed by atoms with Crippen molar-refractivity contribution in [2.45, 2.75) is 0 Å². The van der Waals surface area contributed by atoms with E-state index in [0.29, 0.717) is 5.56 Å². The van der Waals surface area contributed by atoms with Gasteiger partial charge in [-0.3, -0.25) is 4.79 Å². The maximum atomic E-state index is 13.2. The smallest absolute Gasteiger partial charge is 0.195 e. The van der Waals surface area contributed by atoms with Gasteiger partial charge >= 0.3 is 0 Å². The van der Waals surface area contributed by atoms with Gasteiger partial charge in [0, 0.05) is 35.3 Å². The third-order valence-corrected chi connectivity index (χ3v) is 3.32. The largest absolute Gasteiger partial charge is 0.350 e. The number of ketones is 1. The molecule has 0 N–H and O–H groups in total. The van der Waals surface area contributed by atoms with Crippen molar-refractivity contribution in [3.63, 3.8) is 0 Å². The molecule has 3 rings (SSSR count). The van der Waals surface area contributed by atoms with E-state index in [1.807, 2.05) is 35.9 Å². The van der Waals surface area contributed by atoms with Crippen molar-refractivity contribution < 1.29 is 13.6 Å². The molecule has 0 amide bonds. The highest BCUT2D eigenvalue weighted by molar-refractivity contribution is 6.16. The van der Waals surface area contributed by atoms with Gasteiger partial charge in [-0.15, -0.1) is 0 Å². The van der Waals surface area contributed by atoms with Crippen LogP contribution in [0.4, 0.5) is 8.78 Å². The lowest BCUT2D eigenvalue weighted by Gasteiger charge is -2.00. The zero-order valence-corrected chi connectivity index (χ0v) is 10.7. The Balaban J connectivity index is 2.15. The Morgan fingerprint density at radius 1 is 1.05 bits per heavy atom. The third-order valence-electron chi connectivity index (χ3n) is 3.32. The molecule has 0 saturated carbocycles. The van der Waals surface area contributed by atoms with Gasteiger partial charge in [-0.1, -0.05) is 18.2 Å². The lowest BCUT2D eigenvalue weighted by atomic mass is 10.0. The molecule has 0 fully saturated rings. The predicted octanol–water partition coefficient (Wildman–Crippen LogP) is 3.69. The van der Waals surface area contributed by atoms with Crippen molar-refractivity contribution in [2.24, 2.45) is 7.05 Å². The Bertz CT molecular complexity index is 820. The summed E-state index contributed by atoms with van der Waals surface area (Å²) >= 11 is 0. The van der Waals surface area contributed by atoms with E-state index in [9.17, 15) is 13.6 Å². The summed E-state index contributed by atoms with van der Waals surface area (Å²) in [7, 11) is 1.84. The van der Waals surface area contributed by atoms with E-state index >= 15 is 0 Å². The van der Waals surface area contributed by atoms with Crippen LogP contribution in [0, 0.1) is 11.6 Å². The minimum Gasteiger partial charge on any atom is -0.350 e. The zero-order valence-electron chi connectivity index (χ0n) is 10.7. The number of hydrogen-bond acceptors (Lipinski definition) is 1. The summed E-state index contributed by atoms with van der Waals surface area (Å²) in [6.07, 6.45) is 1.70. The van der Waals surface area contributed by atoms with E-state index in [2.05, 4.69) is 0 Å². The number of carbonyl (C=O) groups is 1. The number of halogens is 2. The second-order valence-electron chi connectivity index (χ2n) is 4.63. The first-order valence-corrected chi connectivity index (χ1v) is 6.12. The Hall–Kier alpha value is -2.49. The molecule has 0 aliphatic heterocycles. The van der Waals surface area contributed by atoms with Gasteiger partial charge in [0.1, 0.15) is 0 Å². The molecule has 0 atom stereocenters. The topological polar surface area (TPSA) is 22.0 Å². The summed E-state index contributed by atoms with van der Waals surface area (Å²) < 4.78 is 28.0. The molecule has 3 aromatic rings. The van der Waals surface area contributed by atoms with Gasteiger partial charge < -0.3 is 4.57 Å². The van der Waals surface area contributed by atoms with Gasteiger partial charge in [-0.05, 0) is 24.3 Å². The highest BCUT2D eigenvalue weighted by atomic mass is 19.2. The van der Waals surface area contributed by atoms with Gasteiger partial charge in [0.2, 0.25) is 0 Å². The van der Waals surface area contributed by atoms with Crippen molar-refractivity contribution in [2.75, 3.05) is 0 Å². The maximum absolute atomic E-state index is 13.2. The van der Waals surface area contributed by atoms with Crippen molar-refractivity contribution in [3.05, 3.63) is 71.4 Å². The summed E-state index contributed by atoms with van der Waals surface area (Å²) in [4.78, 5) is 12.4. The predicted molar refractivity (Wildman–Crippen MR) is 72.7 cm³/mol. The van der Waals surface area contributed by atoms with E-state index in [1.165, 1.54) is 6.07 Å². The average molecular weight is 271 g/mol. The molecule has 4 heteroatoms. The van der Waals surface area contributed by atoms with Crippen LogP contribution in [-0.4, -0.2) is 10.4 Å². The van der Waals surface area contributed by atoms with Gasteiger partial charge in [0.05, 0.1) is 0 Å². The molecule has 20 heavy (non-hydrogen) atoms. The van der Waals surface area contributed by atoms with E-state index < -0.39 is 11.6 Å². The van der Waals surface area contributed by atoms with Crippen LogP contribution in [0.3, 0.4) is 0 Å². The number of benzene rings is 2. The average Bonchev–Trinajstić information content (AvgIpc) is 2.79. The molecule has 0 aliphatic carbocycles. The van der Waals surface area contributed by atoms with E-state index in [-0.39, 0.29) is 11.3 Å². The van der Waals surface area contributed by atoms with Crippen molar-refractivity contribution in [1.82, 2.24) is 4.57 Å². The normalized spacial score (nSPS) is 10.9. The van der Waals surface area contributed by atoms with Gasteiger partial charge in [-0.25, -0.2) is 8.78 Å². The summed E-state index contributed by atoms with van der Waals surface area (Å²) in [6.45, 7) is 0. The molecule has 100 valence electrons. The summed E-state index contributed by atoms with van der Waals surface area (Å²) in [5.74, 6) is -2.30. The van der Waals surface area contributed by atoms with Crippen molar-refractivity contribution in [3.8, 4) is 0 Å². The molecule has 1 aromatic heterocycles. The Kier molecular flexibility index (Phi) is 2.86. The first-order valence-electron chi connectivity index (χ1n) is 6.12. The van der Waals surface area contributed by atoms with Crippen LogP contribution in [0.5, 0.6) is 0 Å². The summed E-state index contributed by atoms with van der Waals surface area (Å²) in [5, 5.41) is 0.796. The Morgan fingerprint density at radius 2 is 1.80 bits per heavy atom. The minimum absolute atomic E-state index is 0.139. The molecule has 0 unspecified atom stereocenters. The van der Waals surface area contributed by atoms with Crippen LogP contribution < -0.4 is 0 Å². The number of carbonyl (C=O) groups excluding carboxylic acids is 1. The van der Waals surface area contributed by atoms with Crippen LogP contribution in [0.1, 0.15) is 15.9 Å². The second kappa shape index (κ2) is 4.56. The number of para-hydroxylation sites is 1. The van der Waals surface area contributed by atoms with Gasteiger partial charge in [0.25, 0.3) is 0 Å². The number of aryl methyl sites for hydroxylation is 1. The first kappa shape index (κ1) is 12.5. The number of nitrogens with zero attached hydrogens (tertiary/aromatic N) is 1. The molecule has 2 aromatic carbocycles. The molecule has 2 nitrogen and oxygen atoms in total. The number of aromatic nitrogens is 1. The molecular formula is C16H11F2NO. The van der Waals surface area contributed by atoms with Crippen LogP contribution >= 0.6 is 0 Å². The standard InChI is InChI=1S/C16H11F2NO/c1-19-9-12(11-4-2-3-5-15(11)19)16(20)10-6-7-13(17)14(18)8-10/h2-9H,1H3. The fraction of sp³-hybridized carbons (Fsp3) is 0.0625. The molecular weight excluding hydrogens is 260 g/mol. The number of rotatable bonds is 2. The molecule has 0 radical (unpaired) electrons. The number of fused-ring (bicyclic) bond motifs is 1. The van der Waals surface area contributed by atoms with Crippen LogP contribution in [-0.2, 0) is 7.05 Å². The number of hydrogen-bond donors (Lipinski definition) is 0.